The monoisotopic (exact) mass is 366 g/mol. The molecule has 102 valence electrons. The average Bonchev–Trinajstić information content (AvgIpc) is 2.92. The summed E-state index contributed by atoms with van der Waals surface area (Å²) in [5.74, 6) is 0. The van der Waals surface area contributed by atoms with Gasteiger partial charge in [0.25, 0.3) is 0 Å². The molecule has 3 rings (SSSR count). The maximum absolute atomic E-state index is 6.20. The predicted molar refractivity (Wildman–Crippen MR) is 91.9 cm³/mol. The second-order valence-electron chi connectivity index (χ2n) is 4.41. The lowest BCUT2D eigenvalue weighted by Crippen LogP contribution is -2.05. The third-order valence-corrected chi connectivity index (χ3v) is 4.96. The molecule has 20 heavy (non-hydrogen) atoms. The van der Waals surface area contributed by atoms with Gasteiger partial charge in [-0.25, -0.2) is 0 Å². The van der Waals surface area contributed by atoms with E-state index in [9.17, 15) is 0 Å². The van der Waals surface area contributed by atoms with Gasteiger partial charge in [-0.2, -0.15) is 0 Å². The molecule has 0 aliphatic carbocycles. The zero-order chi connectivity index (χ0) is 13.9. The van der Waals surface area contributed by atoms with Crippen molar-refractivity contribution in [2.75, 3.05) is 11.9 Å². The Morgan fingerprint density at radius 2 is 2.00 bits per heavy atom. The molecule has 1 atom stereocenters. The highest BCUT2D eigenvalue weighted by Gasteiger charge is 2.21. The summed E-state index contributed by atoms with van der Waals surface area (Å²) in [6.07, 6.45) is 0. The van der Waals surface area contributed by atoms with Gasteiger partial charge in [-0.1, -0.05) is 69.6 Å². The molecule has 0 fully saturated rings. The van der Waals surface area contributed by atoms with Gasteiger partial charge in [0.1, 0.15) is 0 Å². The Hall–Kier alpha value is -0.970. The fraction of sp³-hybridized carbons (Fsp3) is 0.133. The molecule has 0 saturated heterocycles. The highest BCUT2D eigenvalue weighted by atomic mass is 79.9. The van der Waals surface area contributed by atoms with Gasteiger partial charge in [0.2, 0.25) is 0 Å². The number of hydrogen-bond donors (Lipinski definition) is 1. The number of rotatable bonds is 2. The van der Waals surface area contributed by atoms with Crippen LogP contribution in [0.25, 0.3) is 0 Å². The summed E-state index contributed by atoms with van der Waals surface area (Å²) in [7, 11) is 0. The largest absolute Gasteiger partial charge is 0.334 e. The quantitative estimate of drug-likeness (QED) is 0.773. The van der Waals surface area contributed by atoms with Crippen molar-refractivity contribution in [3.05, 3.63) is 63.6 Å². The molecule has 0 bridgehead atoms. The van der Waals surface area contributed by atoms with E-state index < -0.39 is 0 Å². The maximum atomic E-state index is 6.20. The summed E-state index contributed by atoms with van der Waals surface area (Å²) in [4.78, 5) is 4.55. The van der Waals surface area contributed by atoms with Gasteiger partial charge >= 0.3 is 0 Å². The number of thioether (sulfide) groups is 1. The molecule has 0 spiro atoms. The molecule has 1 N–H and O–H groups in total. The minimum atomic E-state index is 0.382. The molecule has 1 aliphatic heterocycles. The lowest BCUT2D eigenvalue weighted by molar-refractivity contribution is 0.966. The van der Waals surface area contributed by atoms with E-state index in [1.807, 2.05) is 24.3 Å². The van der Waals surface area contributed by atoms with Crippen LogP contribution in [-0.4, -0.2) is 11.7 Å². The van der Waals surface area contributed by atoms with Crippen molar-refractivity contribution in [3.8, 4) is 0 Å². The van der Waals surface area contributed by atoms with Gasteiger partial charge in [0, 0.05) is 4.47 Å². The van der Waals surface area contributed by atoms with Crippen LogP contribution in [0.3, 0.4) is 0 Å². The Balaban J connectivity index is 1.69. The number of halogens is 2. The van der Waals surface area contributed by atoms with Crippen LogP contribution in [0.2, 0.25) is 5.02 Å². The van der Waals surface area contributed by atoms with Gasteiger partial charge in [0.15, 0.2) is 5.17 Å². The van der Waals surface area contributed by atoms with Crippen molar-refractivity contribution in [2.45, 2.75) is 5.25 Å². The molecule has 2 nitrogen and oxygen atoms in total. The normalized spacial score (nSPS) is 17.9. The third kappa shape index (κ3) is 3.19. The van der Waals surface area contributed by atoms with Crippen LogP contribution in [0.5, 0.6) is 0 Å². The van der Waals surface area contributed by atoms with Crippen molar-refractivity contribution in [1.29, 1.82) is 0 Å². The molecular weight excluding hydrogens is 356 g/mol. The van der Waals surface area contributed by atoms with E-state index in [2.05, 4.69) is 50.5 Å². The van der Waals surface area contributed by atoms with Crippen LogP contribution < -0.4 is 5.32 Å². The zero-order valence-corrected chi connectivity index (χ0v) is 13.7. The van der Waals surface area contributed by atoms with E-state index in [4.69, 9.17) is 11.6 Å². The van der Waals surface area contributed by atoms with Crippen molar-refractivity contribution in [2.24, 2.45) is 4.99 Å². The summed E-state index contributed by atoms with van der Waals surface area (Å²) in [6.45, 7) is 0.797. The first-order valence-corrected chi connectivity index (χ1v) is 8.25. The Bertz CT molecular complexity index is 646. The highest BCUT2D eigenvalue weighted by Crippen LogP contribution is 2.36. The predicted octanol–water partition coefficient (Wildman–Crippen LogP) is 5.36. The van der Waals surface area contributed by atoms with Gasteiger partial charge in [-0.3, -0.25) is 4.99 Å². The molecule has 0 saturated carbocycles. The number of anilines is 1. The topological polar surface area (TPSA) is 24.4 Å². The van der Waals surface area contributed by atoms with Crippen LogP contribution >= 0.6 is 39.3 Å². The number of nitrogens with zero attached hydrogens (tertiary/aromatic N) is 1. The standard InChI is InChI=1S/C15H12BrClN2S/c16-11-6-7-13(12(17)8-11)19-15-18-9-14(20-15)10-4-2-1-3-5-10/h1-8,14H,9H2,(H,18,19). The number of amidine groups is 1. The molecular formula is C15H12BrClN2S. The summed E-state index contributed by atoms with van der Waals surface area (Å²) < 4.78 is 0.969. The maximum Gasteiger partial charge on any atom is 0.161 e. The van der Waals surface area contributed by atoms with Crippen molar-refractivity contribution in [3.63, 3.8) is 0 Å². The lowest BCUT2D eigenvalue weighted by atomic mass is 10.1. The van der Waals surface area contributed by atoms with Crippen LogP contribution in [0.4, 0.5) is 5.69 Å². The molecule has 2 aromatic carbocycles. The first-order chi connectivity index (χ1) is 9.72. The Kier molecular flexibility index (Phi) is 4.34. The number of nitrogens with one attached hydrogen (secondary N) is 1. The highest BCUT2D eigenvalue weighted by molar-refractivity contribution is 9.10. The fourth-order valence-corrected chi connectivity index (χ4v) is 3.74. The van der Waals surface area contributed by atoms with Gasteiger partial charge in [-0.05, 0) is 23.8 Å². The molecule has 0 aromatic heterocycles. The first-order valence-electron chi connectivity index (χ1n) is 6.20. The van der Waals surface area contributed by atoms with E-state index in [0.717, 1.165) is 21.9 Å². The molecule has 5 heteroatoms. The van der Waals surface area contributed by atoms with Crippen molar-refractivity contribution >= 4 is 50.1 Å². The molecule has 1 aliphatic rings. The minimum absolute atomic E-state index is 0.382. The van der Waals surface area contributed by atoms with E-state index in [0.29, 0.717) is 10.3 Å². The minimum Gasteiger partial charge on any atom is -0.334 e. The third-order valence-electron chi connectivity index (χ3n) is 3.00. The van der Waals surface area contributed by atoms with E-state index in [1.54, 1.807) is 11.8 Å². The lowest BCUT2D eigenvalue weighted by Gasteiger charge is -2.10. The van der Waals surface area contributed by atoms with Gasteiger partial charge < -0.3 is 5.32 Å². The van der Waals surface area contributed by atoms with Crippen molar-refractivity contribution < 1.29 is 0 Å². The second kappa shape index (κ2) is 6.20. The summed E-state index contributed by atoms with van der Waals surface area (Å²) in [5, 5.41) is 5.28. The van der Waals surface area contributed by atoms with E-state index in [1.165, 1.54) is 5.56 Å². The fourth-order valence-electron chi connectivity index (χ4n) is 1.99. The zero-order valence-electron chi connectivity index (χ0n) is 10.5. The molecule has 1 heterocycles. The van der Waals surface area contributed by atoms with Crippen LogP contribution in [0.1, 0.15) is 10.8 Å². The van der Waals surface area contributed by atoms with Crippen molar-refractivity contribution in [1.82, 2.24) is 0 Å². The number of benzene rings is 2. The van der Waals surface area contributed by atoms with Gasteiger partial charge in [0.05, 0.1) is 22.5 Å². The first kappa shape index (κ1) is 14.0. The Labute approximate surface area is 135 Å². The van der Waals surface area contributed by atoms with E-state index >= 15 is 0 Å². The second-order valence-corrected chi connectivity index (χ2v) is 6.93. The molecule has 2 aromatic rings. The van der Waals surface area contributed by atoms with Crippen LogP contribution in [0, 0.1) is 0 Å². The Morgan fingerprint density at radius 3 is 2.75 bits per heavy atom. The summed E-state index contributed by atoms with van der Waals surface area (Å²) >= 11 is 11.3. The van der Waals surface area contributed by atoms with E-state index in [-0.39, 0.29) is 0 Å². The Morgan fingerprint density at radius 1 is 1.20 bits per heavy atom. The smallest absolute Gasteiger partial charge is 0.161 e. The number of hydrogen-bond acceptors (Lipinski definition) is 3. The molecule has 0 amide bonds. The van der Waals surface area contributed by atoms with Crippen LogP contribution in [0.15, 0.2) is 58.0 Å². The summed E-state index contributed by atoms with van der Waals surface area (Å²) in [6, 6.07) is 16.2. The van der Waals surface area contributed by atoms with Gasteiger partial charge in [-0.15, -0.1) is 0 Å². The van der Waals surface area contributed by atoms with Crippen LogP contribution in [-0.2, 0) is 0 Å². The SMILES string of the molecule is Clc1cc(Br)ccc1NC1=NCC(c2ccccc2)S1. The number of aliphatic imine (C=N–C) groups is 1. The molecule has 0 radical (unpaired) electrons. The molecule has 1 unspecified atom stereocenters. The average molecular weight is 368 g/mol. The summed E-state index contributed by atoms with van der Waals surface area (Å²) in [5.41, 5.74) is 2.19.